The van der Waals surface area contributed by atoms with Gasteiger partial charge in [0, 0.05) is 24.7 Å². The first-order chi connectivity index (χ1) is 9.11. The number of hydrogen-bond acceptors (Lipinski definition) is 3. The van der Waals surface area contributed by atoms with Crippen LogP contribution in [0.25, 0.3) is 0 Å². The zero-order chi connectivity index (χ0) is 13.8. The molecule has 4 nitrogen and oxygen atoms in total. The molecule has 0 aliphatic heterocycles. The van der Waals surface area contributed by atoms with Gasteiger partial charge in [-0.15, -0.1) is 0 Å². The van der Waals surface area contributed by atoms with E-state index in [2.05, 4.69) is 24.3 Å². The monoisotopic (exact) mass is 261 g/mol. The summed E-state index contributed by atoms with van der Waals surface area (Å²) >= 11 is 0. The summed E-state index contributed by atoms with van der Waals surface area (Å²) < 4.78 is 0. The molecule has 1 unspecified atom stereocenters. The Morgan fingerprint density at radius 1 is 1.37 bits per heavy atom. The minimum absolute atomic E-state index is 0.00364. The van der Waals surface area contributed by atoms with Crippen LogP contribution in [0.3, 0.4) is 0 Å². The van der Waals surface area contributed by atoms with Crippen molar-refractivity contribution in [3.63, 3.8) is 0 Å². The summed E-state index contributed by atoms with van der Waals surface area (Å²) in [5.74, 6) is 0.742. The van der Waals surface area contributed by atoms with Crippen molar-refractivity contribution in [3.8, 4) is 0 Å². The number of likely N-dealkylation sites (N-methyl/N-ethyl adjacent to an activating group) is 1. The number of carbonyl (C=O) groups excluding carboxylic acids is 1. The van der Waals surface area contributed by atoms with Crippen LogP contribution in [-0.2, 0) is 6.54 Å². The van der Waals surface area contributed by atoms with Gasteiger partial charge in [-0.05, 0) is 50.6 Å². The molecule has 19 heavy (non-hydrogen) atoms. The van der Waals surface area contributed by atoms with Crippen molar-refractivity contribution in [2.24, 2.45) is 11.7 Å². The van der Waals surface area contributed by atoms with Gasteiger partial charge in [-0.25, -0.2) is 0 Å². The van der Waals surface area contributed by atoms with E-state index in [1.165, 1.54) is 12.8 Å². The zero-order valence-electron chi connectivity index (χ0n) is 11.7. The summed E-state index contributed by atoms with van der Waals surface area (Å²) in [6.07, 6.45) is 2.56. The summed E-state index contributed by atoms with van der Waals surface area (Å²) in [5, 5.41) is 3.03. The summed E-state index contributed by atoms with van der Waals surface area (Å²) in [6.45, 7) is 1.22. The molecular weight excluding hydrogens is 238 g/mol. The van der Waals surface area contributed by atoms with E-state index >= 15 is 0 Å². The number of amides is 1. The van der Waals surface area contributed by atoms with E-state index in [-0.39, 0.29) is 5.91 Å². The second-order valence-electron chi connectivity index (χ2n) is 5.48. The molecule has 0 radical (unpaired) electrons. The number of benzene rings is 1. The van der Waals surface area contributed by atoms with Crippen molar-refractivity contribution in [3.05, 3.63) is 35.4 Å². The Labute approximate surface area is 115 Å². The number of nitrogens with zero attached hydrogens (tertiary/aromatic N) is 1. The number of carbonyl (C=O) groups is 1. The van der Waals surface area contributed by atoms with Gasteiger partial charge in [0.25, 0.3) is 5.91 Å². The highest BCUT2D eigenvalue weighted by Gasteiger charge is 2.32. The molecule has 0 bridgehead atoms. The highest BCUT2D eigenvalue weighted by Crippen LogP contribution is 2.34. The lowest BCUT2D eigenvalue weighted by Crippen LogP contribution is -2.41. The SMILES string of the molecule is CN(C)C(CNC(=O)c1ccc(CN)cc1)C1CC1. The Kier molecular flexibility index (Phi) is 4.56. The average molecular weight is 261 g/mol. The molecule has 104 valence electrons. The molecule has 4 heteroatoms. The molecule has 0 heterocycles. The van der Waals surface area contributed by atoms with E-state index in [0.29, 0.717) is 18.2 Å². The van der Waals surface area contributed by atoms with Gasteiger partial charge in [-0.2, -0.15) is 0 Å². The first-order valence-corrected chi connectivity index (χ1v) is 6.85. The Balaban J connectivity index is 1.89. The fraction of sp³-hybridized carbons (Fsp3) is 0.533. The van der Waals surface area contributed by atoms with Crippen molar-refractivity contribution in [1.29, 1.82) is 0 Å². The normalized spacial score (nSPS) is 16.4. The number of hydrogen-bond donors (Lipinski definition) is 2. The standard InChI is InChI=1S/C15H23N3O/c1-18(2)14(12-7-8-12)10-17-15(19)13-5-3-11(9-16)4-6-13/h3-6,12,14H,7-10,16H2,1-2H3,(H,17,19). The fourth-order valence-electron chi connectivity index (χ4n) is 2.34. The first-order valence-electron chi connectivity index (χ1n) is 6.85. The highest BCUT2D eigenvalue weighted by molar-refractivity contribution is 5.94. The maximum absolute atomic E-state index is 12.1. The fourth-order valence-corrected chi connectivity index (χ4v) is 2.34. The topological polar surface area (TPSA) is 58.4 Å². The van der Waals surface area contributed by atoms with Crippen LogP contribution in [-0.4, -0.2) is 37.5 Å². The van der Waals surface area contributed by atoms with Gasteiger partial charge in [0.1, 0.15) is 0 Å². The third-order valence-electron chi connectivity index (χ3n) is 3.75. The predicted molar refractivity (Wildman–Crippen MR) is 76.9 cm³/mol. The molecule has 1 aliphatic carbocycles. The zero-order valence-corrected chi connectivity index (χ0v) is 11.7. The minimum Gasteiger partial charge on any atom is -0.350 e. The lowest BCUT2D eigenvalue weighted by molar-refractivity contribution is 0.0939. The van der Waals surface area contributed by atoms with Crippen molar-refractivity contribution in [2.75, 3.05) is 20.6 Å². The molecule has 2 rings (SSSR count). The maximum Gasteiger partial charge on any atom is 0.251 e. The summed E-state index contributed by atoms with van der Waals surface area (Å²) in [6, 6.07) is 7.92. The first kappa shape index (κ1) is 14.0. The number of nitrogens with one attached hydrogen (secondary N) is 1. The lowest BCUT2D eigenvalue weighted by Gasteiger charge is -2.24. The van der Waals surface area contributed by atoms with E-state index in [9.17, 15) is 4.79 Å². The summed E-state index contributed by atoms with van der Waals surface area (Å²) in [4.78, 5) is 14.3. The second kappa shape index (κ2) is 6.17. The smallest absolute Gasteiger partial charge is 0.251 e. The van der Waals surface area contributed by atoms with Crippen LogP contribution in [0.5, 0.6) is 0 Å². The van der Waals surface area contributed by atoms with Crippen molar-refractivity contribution < 1.29 is 4.79 Å². The molecule has 3 N–H and O–H groups in total. The Hall–Kier alpha value is -1.39. The number of nitrogens with two attached hydrogens (primary N) is 1. The molecule has 1 amide bonds. The molecule has 1 aliphatic rings. The third-order valence-corrected chi connectivity index (χ3v) is 3.75. The summed E-state index contributed by atoms with van der Waals surface area (Å²) in [5.41, 5.74) is 7.28. The van der Waals surface area contributed by atoms with E-state index < -0.39 is 0 Å². The van der Waals surface area contributed by atoms with Crippen LogP contribution < -0.4 is 11.1 Å². The Morgan fingerprint density at radius 3 is 2.47 bits per heavy atom. The molecule has 0 spiro atoms. The van der Waals surface area contributed by atoms with Crippen LogP contribution in [0.4, 0.5) is 0 Å². The molecule has 0 saturated heterocycles. The van der Waals surface area contributed by atoms with Gasteiger partial charge < -0.3 is 16.0 Å². The molecule has 1 aromatic rings. The van der Waals surface area contributed by atoms with E-state index in [0.717, 1.165) is 18.0 Å². The molecule has 1 fully saturated rings. The predicted octanol–water partition coefficient (Wildman–Crippen LogP) is 1.22. The molecular formula is C15H23N3O. The second-order valence-corrected chi connectivity index (χ2v) is 5.48. The largest absolute Gasteiger partial charge is 0.350 e. The third kappa shape index (κ3) is 3.78. The molecule has 1 aromatic carbocycles. The van der Waals surface area contributed by atoms with Gasteiger partial charge in [0.2, 0.25) is 0 Å². The van der Waals surface area contributed by atoms with Crippen LogP contribution in [0.1, 0.15) is 28.8 Å². The van der Waals surface area contributed by atoms with Crippen LogP contribution >= 0.6 is 0 Å². The van der Waals surface area contributed by atoms with Crippen LogP contribution in [0.15, 0.2) is 24.3 Å². The quantitative estimate of drug-likeness (QED) is 0.809. The molecule has 1 saturated carbocycles. The Morgan fingerprint density at radius 2 is 2.00 bits per heavy atom. The molecule has 1 atom stereocenters. The van der Waals surface area contributed by atoms with Gasteiger partial charge in [-0.1, -0.05) is 12.1 Å². The van der Waals surface area contributed by atoms with Crippen LogP contribution in [0, 0.1) is 5.92 Å². The van der Waals surface area contributed by atoms with Crippen molar-refractivity contribution in [1.82, 2.24) is 10.2 Å². The molecule has 0 aromatic heterocycles. The van der Waals surface area contributed by atoms with Gasteiger partial charge in [-0.3, -0.25) is 4.79 Å². The van der Waals surface area contributed by atoms with E-state index in [1.54, 1.807) is 0 Å². The number of rotatable bonds is 6. The van der Waals surface area contributed by atoms with Crippen molar-refractivity contribution in [2.45, 2.75) is 25.4 Å². The Bertz CT molecular complexity index is 422. The van der Waals surface area contributed by atoms with Gasteiger partial charge >= 0.3 is 0 Å². The lowest BCUT2D eigenvalue weighted by atomic mass is 10.1. The van der Waals surface area contributed by atoms with Crippen molar-refractivity contribution >= 4 is 5.91 Å². The maximum atomic E-state index is 12.1. The van der Waals surface area contributed by atoms with E-state index in [1.807, 2.05) is 24.3 Å². The van der Waals surface area contributed by atoms with E-state index in [4.69, 9.17) is 5.73 Å². The highest BCUT2D eigenvalue weighted by atomic mass is 16.1. The summed E-state index contributed by atoms with van der Waals surface area (Å²) in [7, 11) is 4.15. The average Bonchev–Trinajstić information content (AvgIpc) is 3.23. The minimum atomic E-state index is -0.00364. The van der Waals surface area contributed by atoms with Crippen LogP contribution in [0.2, 0.25) is 0 Å². The van der Waals surface area contributed by atoms with Gasteiger partial charge in [0.05, 0.1) is 0 Å². The van der Waals surface area contributed by atoms with Gasteiger partial charge in [0.15, 0.2) is 0 Å².